The largest absolute Gasteiger partial charge is 0.507 e. The summed E-state index contributed by atoms with van der Waals surface area (Å²) < 4.78 is 12.0. The van der Waals surface area contributed by atoms with E-state index in [0.717, 1.165) is 12.1 Å². The van der Waals surface area contributed by atoms with Gasteiger partial charge in [0.1, 0.15) is 34.0 Å². The van der Waals surface area contributed by atoms with Crippen molar-refractivity contribution in [3.05, 3.63) is 45.6 Å². The molecule has 0 unspecified atom stereocenters. The van der Waals surface area contributed by atoms with Crippen LogP contribution in [0.3, 0.4) is 0 Å². The Morgan fingerprint density at radius 3 is 2.30 bits per heavy atom. The molecule has 0 amide bonds. The molecule has 8 heteroatoms. The number of phenols is 4. The standard InChI is InChI=1S/C25H26O8/c1-24(2,31)7-5-13-21(30)20-18(29)11-19-12(6-8-25(3,4)33-19)23(20)32-22(13)14-9-16(27)17(28)10-15(14)26/h6,8-11,26-29,31H,5,7H2,1-4H3. The van der Waals surface area contributed by atoms with Gasteiger partial charge in [0.05, 0.1) is 16.7 Å². The minimum absolute atomic E-state index is 0.0202. The van der Waals surface area contributed by atoms with E-state index >= 15 is 0 Å². The predicted molar refractivity (Wildman–Crippen MR) is 123 cm³/mol. The molecule has 33 heavy (non-hydrogen) atoms. The van der Waals surface area contributed by atoms with Crippen LogP contribution in [0.5, 0.6) is 28.7 Å². The summed E-state index contributed by atoms with van der Waals surface area (Å²) >= 11 is 0. The number of aromatic hydroxyl groups is 4. The Kier molecular flexibility index (Phi) is 5.09. The van der Waals surface area contributed by atoms with E-state index in [0.29, 0.717) is 11.3 Å². The summed E-state index contributed by atoms with van der Waals surface area (Å²) in [6, 6.07) is 3.40. The highest BCUT2D eigenvalue weighted by Crippen LogP contribution is 2.44. The zero-order valence-electron chi connectivity index (χ0n) is 18.8. The fourth-order valence-electron chi connectivity index (χ4n) is 3.85. The Bertz CT molecular complexity index is 1360. The zero-order chi connectivity index (χ0) is 24.3. The van der Waals surface area contributed by atoms with E-state index in [1.54, 1.807) is 26.0 Å². The normalized spacial score (nSPS) is 14.8. The summed E-state index contributed by atoms with van der Waals surface area (Å²) in [5, 5.41) is 51.1. The van der Waals surface area contributed by atoms with E-state index in [1.165, 1.54) is 6.07 Å². The summed E-state index contributed by atoms with van der Waals surface area (Å²) in [5.74, 6) is -1.51. The molecule has 8 nitrogen and oxygen atoms in total. The van der Waals surface area contributed by atoms with Crippen molar-refractivity contribution in [3.8, 4) is 40.1 Å². The van der Waals surface area contributed by atoms with Crippen LogP contribution in [0.1, 0.15) is 45.2 Å². The fraction of sp³-hybridized carbons (Fsp3) is 0.320. The smallest absolute Gasteiger partial charge is 0.200 e. The van der Waals surface area contributed by atoms with Crippen LogP contribution < -0.4 is 10.2 Å². The maximum atomic E-state index is 13.6. The van der Waals surface area contributed by atoms with Gasteiger partial charge in [-0.3, -0.25) is 4.79 Å². The number of ether oxygens (including phenoxy) is 1. The molecule has 0 saturated carbocycles. The maximum Gasteiger partial charge on any atom is 0.200 e. The molecular weight excluding hydrogens is 428 g/mol. The fourth-order valence-corrected chi connectivity index (χ4v) is 3.85. The molecule has 2 heterocycles. The van der Waals surface area contributed by atoms with Gasteiger partial charge in [-0.05, 0) is 58.8 Å². The Hall–Kier alpha value is -3.65. The molecule has 5 N–H and O–H groups in total. The molecule has 1 aliphatic rings. The molecule has 1 aliphatic heterocycles. The molecule has 2 aromatic carbocycles. The van der Waals surface area contributed by atoms with Gasteiger partial charge < -0.3 is 34.7 Å². The van der Waals surface area contributed by atoms with Gasteiger partial charge in [0.2, 0.25) is 0 Å². The van der Waals surface area contributed by atoms with Gasteiger partial charge in [-0.2, -0.15) is 0 Å². The van der Waals surface area contributed by atoms with Gasteiger partial charge in [0.25, 0.3) is 0 Å². The molecule has 0 bridgehead atoms. The lowest BCUT2D eigenvalue weighted by atomic mass is 9.93. The highest BCUT2D eigenvalue weighted by Gasteiger charge is 2.29. The van der Waals surface area contributed by atoms with Crippen LogP contribution in [0, 0.1) is 0 Å². The van der Waals surface area contributed by atoms with Crippen LogP contribution in [0.25, 0.3) is 28.4 Å². The van der Waals surface area contributed by atoms with E-state index in [-0.39, 0.29) is 46.4 Å². The van der Waals surface area contributed by atoms with E-state index in [9.17, 15) is 30.3 Å². The van der Waals surface area contributed by atoms with E-state index in [2.05, 4.69) is 0 Å². The Balaban J connectivity index is 2.08. The van der Waals surface area contributed by atoms with Crippen molar-refractivity contribution in [1.29, 1.82) is 0 Å². The molecule has 0 spiro atoms. The van der Waals surface area contributed by atoms with Crippen molar-refractivity contribution in [2.24, 2.45) is 0 Å². The molecule has 0 radical (unpaired) electrons. The lowest BCUT2D eigenvalue weighted by Gasteiger charge is -2.28. The van der Waals surface area contributed by atoms with E-state index in [4.69, 9.17) is 9.15 Å². The molecule has 0 fully saturated rings. The molecule has 4 rings (SSSR count). The monoisotopic (exact) mass is 454 g/mol. The van der Waals surface area contributed by atoms with Crippen molar-refractivity contribution >= 4 is 17.0 Å². The second-order valence-electron chi connectivity index (χ2n) is 9.46. The Morgan fingerprint density at radius 2 is 1.64 bits per heavy atom. The maximum absolute atomic E-state index is 13.6. The van der Waals surface area contributed by atoms with Crippen molar-refractivity contribution in [2.45, 2.75) is 51.7 Å². The average molecular weight is 454 g/mol. The lowest BCUT2D eigenvalue weighted by Crippen LogP contribution is -2.27. The Morgan fingerprint density at radius 1 is 0.970 bits per heavy atom. The molecule has 0 atom stereocenters. The van der Waals surface area contributed by atoms with Crippen molar-refractivity contribution < 1.29 is 34.7 Å². The topological polar surface area (TPSA) is 141 Å². The number of benzene rings is 2. The minimum Gasteiger partial charge on any atom is -0.507 e. The number of fused-ring (bicyclic) bond motifs is 3. The lowest BCUT2D eigenvalue weighted by molar-refractivity contribution is 0.0713. The van der Waals surface area contributed by atoms with Crippen LogP contribution in [0.15, 0.2) is 33.5 Å². The second kappa shape index (κ2) is 7.45. The SMILES string of the molecule is CC(C)(O)CCc1c(-c2cc(O)c(O)cc2O)oc2c3c(cc(O)c2c1=O)OC(C)(C)C=C3. The molecular formula is C25H26O8. The van der Waals surface area contributed by atoms with Gasteiger partial charge in [0, 0.05) is 17.7 Å². The molecule has 1 aromatic heterocycles. The number of phenolic OH excluding ortho intramolecular Hbond substituents is 4. The van der Waals surface area contributed by atoms with Crippen LogP contribution >= 0.6 is 0 Å². The average Bonchev–Trinajstić information content (AvgIpc) is 2.67. The van der Waals surface area contributed by atoms with Crippen molar-refractivity contribution in [2.75, 3.05) is 0 Å². The number of hydrogen-bond donors (Lipinski definition) is 5. The zero-order valence-corrected chi connectivity index (χ0v) is 18.8. The van der Waals surface area contributed by atoms with E-state index in [1.807, 2.05) is 13.8 Å². The second-order valence-corrected chi connectivity index (χ2v) is 9.46. The van der Waals surface area contributed by atoms with Gasteiger partial charge >= 0.3 is 0 Å². The Labute approximate surface area is 189 Å². The number of hydrogen-bond acceptors (Lipinski definition) is 8. The summed E-state index contributed by atoms with van der Waals surface area (Å²) in [6.45, 7) is 6.87. The highest BCUT2D eigenvalue weighted by atomic mass is 16.5. The first-order valence-corrected chi connectivity index (χ1v) is 10.5. The van der Waals surface area contributed by atoms with Crippen LogP contribution in [0.4, 0.5) is 0 Å². The number of aliphatic hydroxyl groups is 1. The first kappa shape index (κ1) is 22.5. The first-order chi connectivity index (χ1) is 15.3. The third kappa shape index (κ3) is 4.09. The summed E-state index contributed by atoms with van der Waals surface area (Å²) in [7, 11) is 0. The number of rotatable bonds is 4. The highest BCUT2D eigenvalue weighted by molar-refractivity contribution is 5.95. The minimum atomic E-state index is -1.10. The summed E-state index contributed by atoms with van der Waals surface area (Å²) in [4.78, 5) is 13.6. The van der Waals surface area contributed by atoms with Crippen molar-refractivity contribution in [1.82, 2.24) is 0 Å². The van der Waals surface area contributed by atoms with Crippen LogP contribution in [0.2, 0.25) is 0 Å². The predicted octanol–water partition coefficient (Wildman–Crippen LogP) is 4.17. The quantitative estimate of drug-likeness (QED) is 0.292. The van der Waals surface area contributed by atoms with Gasteiger partial charge in [0.15, 0.2) is 22.5 Å². The molecule has 174 valence electrons. The summed E-state index contributed by atoms with van der Waals surface area (Å²) in [6.07, 6.45) is 3.77. The molecule has 0 saturated heterocycles. The third-order valence-corrected chi connectivity index (χ3v) is 5.59. The van der Waals surface area contributed by atoms with Gasteiger partial charge in [-0.1, -0.05) is 0 Å². The van der Waals surface area contributed by atoms with Gasteiger partial charge in [-0.15, -0.1) is 0 Å². The van der Waals surface area contributed by atoms with Crippen LogP contribution in [-0.2, 0) is 6.42 Å². The third-order valence-electron chi connectivity index (χ3n) is 5.59. The molecule has 3 aromatic rings. The van der Waals surface area contributed by atoms with Gasteiger partial charge in [-0.25, -0.2) is 0 Å². The van der Waals surface area contributed by atoms with Crippen LogP contribution in [-0.4, -0.2) is 36.7 Å². The summed E-state index contributed by atoms with van der Waals surface area (Å²) in [5.41, 5.74) is -1.70. The van der Waals surface area contributed by atoms with Crippen molar-refractivity contribution in [3.63, 3.8) is 0 Å². The van der Waals surface area contributed by atoms with E-state index < -0.39 is 33.9 Å². The molecule has 0 aliphatic carbocycles. The first-order valence-electron chi connectivity index (χ1n) is 10.5.